The van der Waals surface area contributed by atoms with E-state index >= 15 is 0 Å². The topological polar surface area (TPSA) is 112 Å². The van der Waals surface area contributed by atoms with Crippen molar-refractivity contribution in [2.24, 2.45) is 0 Å². The van der Waals surface area contributed by atoms with Crippen LogP contribution in [0.15, 0.2) is 77.4 Å². The molecule has 198 valence electrons. The maximum atomic E-state index is 14.2. The van der Waals surface area contributed by atoms with Crippen molar-refractivity contribution < 1.29 is 39.9 Å². The van der Waals surface area contributed by atoms with Crippen molar-refractivity contribution in [1.29, 1.82) is 0 Å². The molecule has 0 atom stereocenters. The van der Waals surface area contributed by atoms with Crippen LogP contribution in [0.1, 0.15) is 0 Å². The maximum Gasteiger partial charge on any atom is 0.485 e. The van der Waals surface area contributed by atoms with E-state index in [1.165, 1.54) is 12.1 Å². The molecule has 0 saturated heterocycles. The summed E-state index contributed by atoms with van der Waals surface area (Å²) in [5, 5.41) is 2.65. The van der Waals surface area contributed by atoms with Gasteiger partial charge in [0.1, 0.15) is 11.6 Å². The van der Waals surface area contributed by atoms with E-state index < -0.39 is 15.6 Å². The fraction of sp³-hybridized carbons (Fsp3) is 0.0800. The molecular formula is C25H18BrF4N3O4S. The number of benzene rings is 3. The molecule has 5 rings (SSSR count). The van der Waals surface area contributed by atoms with Crippen molar-refractivity contribution in [3.8, 4) is 28.3 Å². The fourth-order valence-corrected chi connectivity index (χ4v) is 4.24. The minimum atomic E-state index is -6.09. The van der Waals surface area contributed by atoms with Gasteiger partial charge < -0.3 is 14.3 Å². The number of alkyl halides is 3. The number of halogens is 5. The Morgan fingerprint density at radius 2 is 1.66 bits per heavy atom. The standard InChI is InChI=1S/C24H17BrFN3O.CHF3O3S/c1-30-18-7-3-14(4-8-18)23-10-15-2-6-17(26)12-19(15)24(29(23)27)21-13-28-22-9-5-16(25)11-20(21)22;2-1(3,4)8(5,6)7/h2-13H,27H2,1H3;(H,5,6,7). The summed E-state index contributed by atoms with van der Waals surface area (Å²) in [6, 6.07) is 20.5. The Kier molecular flexibility index (Phi) is 7.37. The molecule has 2 aromatic heterocycles. The van der Waals surface area contributed by atoms with E-state index in [9.17, 15) is 17.6 Å². The number of hydrogen-bond donors (Lipinski definition) is 2. The van der Waals surface area contributed by atoms with E-state index in [2.05, 4.69) is 20.9 Å². The Bertz CT molecular complexity index is 1760. The summed E-state index contributed by atoms with van der Waals surface area (Å²) in [5.41, 5.74) is -1.27. The number of ether oxygens (including phenoxy) is 1. The zero-order chi connectivity index (χ0) is 27.8. The molecule has 0 amide bonds. The number of nitrogens with zero attached hydrogens (tertiary/aromatic N) is 1. The number of pyridine rings is 1. The molecule has 3 aromatic carbocycles. The fourth-order valence-electron chi connectivity index (χ4n) is 3.87. The van der Waals surface area contributed by atoms with E-state index in [0.29, 0.717) is 0 Å². The van der Waals surface area contributed by atoms with Gasteiger partial charge in [0.05, 0.1) is 18.1 Å². The lowest BCUT2D eigenvalue weighted by atomic mass is 10.00. The first-order valence-corrected chi connectivity index (χ1v) is 12.9. The van der Waals surface area contributed by atoms with Crippen molar-refractivity contribution >= 4 is 47.7 Å². The van der Waals surface area contributed by atoms with Crippen LogP contribution >= 0.6 is 15.9 Å². The second-order valence-corrected chi connectivity index (χ2v) is 10.3. The SMILES string of the molecule is COc1ccc(-c2cc3ccc(F)cc3c(-c3c[nH]c4ccc(Br)cc34)[n+]2N)cc1.O=S(=O)([O-])C(F)(F)F. The molecule has 3 N–H and O–H groups in total. The highest BCUT2D eigenvalue weighted by Crippen LogP contribution is 2.35. The number of fused-ring (bicyclic) bond motifs is 2. The zero-order valence-electron chi connectivity index (χ0n) is 19.4. The van der Waals surface area contributed by atoms with Crippen LogP contribution in [0.2, 0.25) is 0 Å². The first kappa shape index (κ1) is 27.4. The Labute approximate surface area is 222 Å². The quantitative estimate of drug-likeness (QED) is 0.0904. The number of H-pyrrole nitrogens is 1. The second kappa shape index (κ2) is 10.2. The second-order valence-electron chi connectivity index (χ2n) is 8.00. The van der Waals surface area contributed by atoms with Crippen LogP contribution in [0.25, 0.3) is 44.2 Å². The van der Waals surface area contributed by atoms with Gasteiger partial charge in [-0.15, -0.1) is 0 Å². The van der Waals surface area contributed by atoms with Crippen molar-refractivity contribution in [3.63, 3.8) is 0 Å². The van der Waals surface area contributed by atoms with Gasteiger partial charge in [0.15, 0.2) is 10.1 Å². The molecule has 38 heavy (non-hydrogen) atoms. The van der Waals surface area contributed by atoms with Gasteiger partial charge in [0, 0.05) is 33.2 Å². The number of hydrogen-bond acceptors (Lipinski definition) is 5. The number of aromatic amines is 1. The van der Waals surface area contributed by atoms with Crippen molar-refractivity contribution in [2.45, 2.75) is 5.51 Å². The molecule has 2 heterocycles. The number of nitrogens with one attached hydrogen (secondary N) is 1. The highest BCUT2D eigenvalue weighted by Gasteiger charge is 2.37. The minimum Gasteiger partial charge on any atom is -0.741 e. The van der Waals surface area contributed by atoms with Gasteiger partial charge >= 0.3 is 5.51 Å². The number of methoxy groups -OCH3 is 1. The van der Waals surface area contributed by atoms with Gasteiger partial charge in [0.2, 0.25) is 5.69 Å². The van der Waals surface area contributed by atoms with Crippen LogP contribution in [0.4, 0.5) is 17.6 Å². The van der Waals surface area contributed by atoms with E-state index in [-0.39, 0.29) is 5.82 Å². The van der Waals surface area contributed by atoms with Crippen LogP contribution in [-0.4, -0.2) is 30.6 Å². The van der Waals surface area contributed by atoms with Gasteiger partial charge in [-0.1, -0.05) is 26.7 Å². The number of rotatable bonds is 3. The van der Waals surface area contributed by atoms with Crippen molar-refractivity contribution in [2.75, 3.05) is 13.0 Å². The van der Waals surface area contributed by atoms with Crippen molar-refractivity contribution in [1.82, 2.24) is 4.98 Å². The van der Waals surface area contributed by atoms with E-state index in [1.807, 2.05) is 54.7 Å². The van der Waals surface area contributed by atoms with Crippen LogP contribution in [0.3, 0.4) is 0 Å². The lowest BCUT2D eigenvalue weighted by Gasteiger charge is -2.09. The zero-order valence-corrected chi connectivity index (χ0v) is 21.8. The summed E-state index contributed by atoms with van der Waals surface area (Å²) >= 11 is 3.54. The largest absolute Gasteiger partial charge is 0.741 e. The lowest BCUT2D eigenvalue weighted by molar-refractivity contribution is -0.614. The minimum absolute atomic E-state index is 0.304. The Balaban J connectivity index is 0.000000368. The summed E-state index contributed by atoms with van der Waals surface area (Å²) < 4.78 is 81.0. The Morgan fingerprint density at radius 3 is 2.26 bits per heavy atom. The predicted molar refractivity (Wildman–Crippen MR) is 137 cm³/mol. The van der Waals surface area contributed by atoms with Gasteiger partial charge in [-0.3, -0.25) is 0 Å². The molecule has 13 heteroatoms. The molecule has 0 aliphatic carbocycles. The normalized spacial score (nSPS) is 11.9. The molecule has 5 aromatic rings. The predicted octanol–water partition coefficient (Wildman–Crippen LogP) is 5.62. The first-order chi connectivity index (χ1) is 17.8. The van der Waals surface area contributed by atoms with Gasteiger partial charge in [0.25, 0.3) is 5.69 Å². The van der Waals surface area contributed by atoms with E-state index in [1.54, 1.807) is 17.9 Å². The third-order valence-electron chi connectivity index (χ3n) is 5.63. The van der Waals surface area contributed by atoms with Gasteiger partial charge in [-0.2, -0.15) is 13.2 Å². The average molecular weight is 612 g/mol. The van der Waals surface area contributed by atoms with E-state index in [4.69, 9.17) is 23.6 Å². The smallest absolute Gasteiger partial charge is 0.485 e. The molecule has 7 nitrogen and oxygen atoms in total. The first-order valence-electron chi connectivity index (χ1n) is 10.7. The summed E-state index contributed by atoms with van der Waals surface area (Å²) in [6.45, 7) is 0. The molecule has 0 radical (unpaired) electrons. The highest BCUT2D eigenvalue weighted by molar-refractivity contribution is 9.10. The molecule has 0 fully saturated rings. The molecule has 0 aliphatic heterocycles. The molecule has 0 spiro atoms. The van der Waals surface area contributed by atoms with E-state index in [0.717, 1.165) is 54.4 Å². The molecular weight excluding hydrogens is 594 g/mol. The summed E-state index contributed by atoms with van der Waals surface area (Å²) in [5.74, 6) is 7.13. The highest BCUT2D eigenvalue weighted by atomic mass is 79.9. The maximum absolute atomic E-state index is 14.2. The van der Waals surface area contributed by atoms with Crippen LogP contribution < -0.4 is 15.3 Å². The monoisotopic (exact) mass is 611 g/mol. The van der Waals surface area contributed by atoms with Gasteiger partial charge in [-0.25, -0.2) is 18.7 Å². The molecule has 0 unspecified atom stereocenters. The lowest BCUT2D eigenvalue weighted by Crippen LogP contribution is -2.48. The van der Waals surface area contributed by atoms with Crippen molar-refractivity contribution in [3.05, 3.63) is 83.2 Å². The summed E-state index contributed by atoms with van der Waals surface area (Å²) in [7, 11) is -4.46. The average Bonchev–Trinajstić information content (AvgIpc) is 3.25. The number of nitrogens with two attached hydrogens (primary N) is 1. The summed E-state index contributed by atoms with van der Waals surface area (Å²) in [6.07, 6.45) is 1.91. The van der Waals surface area contributed by atoms with Gasteiger partial charge in [-0.05, 0) is 60.0 Å². The third-order valence-corrected chi connectivity index (χ3v) is 6.69. The van der Waals surface area contributed by atoms with Crippen LogP contribution in [0, 0.1) is 5.82 Å². The number of nitrogen functional groups attached to an aromatic ring is 1. The van der Waals surface area contributed by atoms with Crippen LogP contribution in [-0.2, 0) is 10.1 Å². The molecule has 0 bridgehead atoms. The molecule has 0 saturated carbocycles. The Morgan fingerprint density at radius 1 is 1.00 bits per heavy atom. The number of aromatic nitrogens is 2. The Hall–Kier alpha value is -3.68. The summed E-state index contributed by atoms with van der Waals surface area (Å²) in [4.78, 5) is 3.29. The van der Waals surface area contributed by atoms with Crippen LogP contribution in [0.5, 0.6) is 5.75 Å². The molecule has 0 aliphatic rings. The third kappa shape index (κ3) is 5.44.